The van der Waals surface area contributed by atoms with Crippen molar-refractivity contribution in [3.05, 3.63) is 83.4 Å². The Balaban J connectivity index is 1.52. The molecule has 7 heteroatoms. The smallest absolute Gasteiger partial charge is 0.254 e. The molecule has 2 amide bonds. The van der Waals surface area contributed by atoms with Crippen LogP contribution in [0.15, 0.2) is 65.4 Å². The van der Waals surface area contributed by atoms with Gasteiger partial charge in [-0.1, -0.05) is 12.1 Å². The van der Waals surface area contributed by atoms with E-state index in [-0.39, 0.29) is 11.8 Å². The molecule has 0 unspecified atom stereocenters. The zero-order valence-electron chi connectivity index (χ0n) is 17.7. The van der Waals surface area contributed by atoms with Gasteiger partial charge in [-0.25, -0.2) is 4.98 Å². The molecule has 1 aliphatic carbocycles. The third-order valence-corrected chi connectivity index (χ3v) is 5.17. The summed E-state index contributed by atoms with van der Waals surface area (Å²) in [6.07, 6.45) is 5.35. The van der Waals surface area contributed by atoms with Crippen molar-refractivity contribution >= 4 is 17.6 Å². The van der Waals surface area contributed by atoms with Gasteiger partial charge in [0.05, 0.1) is 12.8 Å². The minimum absolute atomic E-state index is 0.0504. The summed E-state index contributed by atoms with van der Waals surface area (Å²) in [5.41, 5.74) is 2.12. The van der Waals surface area contributed by atoms with Crippen molar-refractivity contribution in [3.8, 4) is 0 Å². The van der Waals surface area contributed by atoms with Gasteiger partial charge >= 0.3 is 0 Å². The van der Waals surface area contributed by atoms with E-state index in [2.05, 4.69) is 10.3 Å². The minimum Gasteiger partial charge on any atom is -0.467 e. The number of pyridine rings is 1. The van der Waals surface area contributed by atoms with Crippen LogP contribution < -0.4 is 10.2 Å². The van der Waals surface area contributed by atoms with E-state index in [1.165, 1.54) is 0 Å². The molecule has 0 spiro atoms. The van der Waals surface area contributed by atoms with Gasteiger partial charge in [-0.2, -0.15) is 0 Å². The quantitative estimate of drug-likeness (QED) is 0.606. The first-order valence-electron chi connectivity index (χ1n) is 10.3. The van der Waals surface area contributed by atoms with E-state index in [0.717, 1.165) is 24.2 Å². The Morgan fingerprint density at radius 3 is 2.48 bits per heavy atom. The number of benzene rings is 1. The fourth-order valence-corrected chi connectivity index (χ4v) is 3.25. The Bertz CT molecular complexity index is 1040. The van der Waals surface area contributed by atoms with Gasteiger partial charge in [-0.05, 0) is 54.8 Å². The molecular formula is C24H26N4O3. The van der Waals surface area contributed by atoms with Crippen LogP contribution in [0.1, 0.15) is 44.9 Å². The van der Waals surface area contributed by atoms with Crippen molar-refractivity contribution < 1.29 is 14.0 Å². The lowest BCUT2D eigenvalue weighted by atomic mass is 10.1. The lowest BCUT2D eigenvalue weighted by Gasteiger charge is -2.23. The molecule has 0 aliphatic heterocycles. The molecule has 160 valence electrons. The zero-order chi connectivity index (χ0) is 21.8. The number of anilines is 1. The second-order valence-electron chi connectivity index (χ2n) is 7.98. The highest BCUT2D eigenvalue weighted by Crippen LogP contribution is 2.20. The number of furan rings is 1. The Hall–Kier alpha value is -3.61. The van der Waals surface area contributed by atoms with Crippen LogP contribution >= 0.6 is 0 Å². The molecule has 2 aromatic heterocycles. The van der Waals surface area contributed by atoms with E-state index in [9.17, 15) is 9.59 Å². The first-order chi connectivity index (χ1) is 15.0. The average Bonchev–Trinajstić information content (AvgIpc) is 3.44. The van der Waals surface area contributed by atoms with Crippen molar-refractivity contribution in [1.82, 2.24) is 15.2 Å². The van der Waals surface area contributed by atoms with Gasteiger partial charge in [0, 0.05) is 44.0 Å². The van der Waals surface area contributed by atoms with E-state index >= 15 is 0 Å². The van der Waals surface area contributed by atoms with Crippen molar-refractivity contribution in [2.45, 2.75) is 32.0 Å². The molecular weight excluding hydrogens is 392 g/mol. The van der Waals surface area contributed by atoms with Gasteiger partial charge in [0.1, 0.15) is 11.6 Å². The Labute approximate surface area is 181 Å². The number of hydrogen-bond acceptors (Lipinski definition) is 5. The van der Waals surface area contributed by atoms with E-state index in [1.54, 1.807) is 41.6 Å². The molecule has 3 aromatic rings. The summed E-state index contributed by atoms with van der Waals surface area (Å²) < 4.78 is 5.48. The van der Waals surface area contributed by atoms with Crippen LogP contribution in [-0.2, 0) is 13.1 Å². The van der Waals surface area contributed by atoms with Gasteiger partial charge < -0.3 is 19.5 Å². The molecule has 1 saturated carbocycles. The lowest BCUT2D eigenvalue weighted by Crippen LogP contribution is -2.30. The van der Waals surface area contributed by atoms with Crippen LogP contribution in [-0.4, -0.2) is 41.8 Å². The molecule has 7 nitrogen and oxygen atoms in total. The maximum absolute atomic E-state index is 13.3. The van der Waals surface area contributed by atoms with Crippen molar-refractivity contribution in [1.29, 1.82) is 0 Å². The summed E-state index contributed by atoms with van der Waals surface area (Å²) in [7, 11) is 3.77. The van der Waals surface area contributed by atoms with Crippen LogP contribution in [0.4, 0.5) is 5.82 Å². The lowest BCUT2D eigenvalue weighted by molar-refractivity contribution is 0.0717. The highest BCUT2D eigenvalue weighted by molar-refractivity contribution is 5.95. The van der Waals surface area contributed by atoms with Crippen molar-refractivity contribution in [2.75, 3.05) is 19.0 Å². The molecule has 1 aliphatic rings. The number of carbonyl (C=O) groups is 2. The molecule has 0 radical (unpaired) electrons. The number of carbonyl (C=O) groups excluding carboxylic acids is 2. The van der Waals surface area contributed by atoms with Crippen molar-refractivity contribution in [3.63, 3.8) is 0 Å². The number of nitrogens with zero attached hydrogens (tertiary/aromatic N) is 3. The summed E-state index contributed by atoms with van der Waals surface area (Å²) in [5.74, 6) is 1.26. The van der Waals surface area contributed by atoms with E-state index in [0.29, 0.717) is 36.0 Å². The second kappa shape index (κ2) is 9.04. The predicted octanol–water partition coefficient (Wildman–Crippen LogP) is 3.48. The van der Waals surface area contributed by atoms with Gasteiger partial charge in [0.2, 0.25) is 0 Å². The number of hydrogen-bond donors (Lipinski definition) is 1. The molecule has 1 fully saturated rings. The van der Waals surface area contributed by atoms with Crippen LogP contribution in [0, 0.1) is 0 Å². The Morgan fingerprint density at radius 1 is 1.06 bits per heavy atom. The van der Waals surface area contributed by atoms with Crippen LogP contribution in [0.5, 0.6) is 0 Å². The maximum Gasteiger partial charge on any atom is 0.254 e. The Kier molecular flexibility index (Phi) is 6.02. The molecule has 1 aromatic carbocycles. The Morgan fingerprint density at radius 2 is 1.84 bits per heavy atom. The standard InChI is InChI=1S/C24H26N4O3/c1-27(2)22-14-19(11-12-25-22)24(30)28(16-21-4-3-13-31-21)15-17-5-7-18(8-6-17)23(29)26-20-9-10-20/h3-8,11-14,20H,9-10,15-16H2,1-2H3,(H,26,29). The van der Waals surface area contributed by atoms with Crippen LogP contribution in [0.2, 0.25) is 0 Å². The highest BCUT2D eigenvalue weighted by atomic mass is 16.3. The number of rotatable bonds is 8. The van der Waals surface area contributed by atoms with E-state index < -0.39 is 0 Å². The summed E-state index contributed by atoms with van der Waals surface area (Å²) in [6, 6.07) is 14.9. The fourth-order valence-electron chi connectivity index (χ4n) is 3.25. The monoisotopic (exact) mass is 418 g/mol. The first-order valence-corrected chi connectivity index (χ1v) is 10.3. The maximum atomic E-state index is 13.3. The molecule has 0 bridgehead atoms. The van der Waals surface area contributed by atoms with Gasteiger partial charge in [0.15, 0.2) is 0 Å². The second-order valence-corrected chi connectivity index (χ2v) is 7.98. The van der Waals surface area contributed by atoms with E-state index in [1.807, 2.05) is 43.3 Å². The summed E-state index contributed by atoms with van der Waals surface area (Å²) in [4.78, 5) is 33.4. The minimum atomic E-state index is -0.113. The third kappa shape index (κ3) is 5.31. The molecule has 0 atom stereocenters. The summed E-state index contributed by atoms with van der Waals surface area (Å²) in [6.45, 7) is 0.735. The van der Waals surface area contributed by atoms with Gasteiger partial charge in [0.25, 0.3) is 11.8 Å². The van der Waals surface area contributed by atoms with Gasteiger partial charge in [-0.15, -0.1) is 0 Å². The molecule has 2 heterocycles. The normalized spacial score (nSPS) is 13.0. The van der Waals surface area contributed by atoms with Gasteiger partial charge in [-0.3, -0.25) is 9.59 Å². The summed E-state index contributed by atoms with van der Waals surface area (Å²) in [5, 5.41) is 2.99. The van der Waals surface area contributed by atoms with E-state index in [4.69, 9.17) is 4.42 Å². The SMILES string of the molecule is CN(C)c1cc(C(=O)N(Cc2ccc(C(=O)NC3CC3)cc2)Cc2ccco2)ccn1. The van der Waals surface area contributed by atoms with Crippen molar-refractivity contribution in [2.24, 2.45) is 0 Å². The van der Waals surface area contributed by atoms with Crippen LogP contribution in [0.25, 0.3) is 0 Å². The number of nitrogens with one attached hydrogen (secondary N) is 1. The fraction of sp³-hybridized carbons (Fsp3) is 0.292. The zero-order valence-corrected chi connectivity index (χ0v) is 17.7. The summed E-state index contributed by atoms with van der Waals surface area (Å²) >= 11 is 0. The largest absolute Gasteiger partial charge is 0.467 e. The van der Waals surface area contributed by atoms with Crippen LogP contribution in [0.3, 0.4) is 0 Å². The third-order valence-electron chi connectivity index (χ3n) is 5.17. The molecule has 4 rings (SSSR count). The first kappa shape index (κ1) is 20.7. The number of amides is 2. The molecule has 0 saturated heterocycles. The number of aromatic nitrogens is 1. The average molecular weight is 418 g/mol. The molecule has 1 N–H and O–H groups in total. The molecule has 31 heavy (non-hydrogen) atoms. The highest BCUT2D eigenvalue weighted by Gasteiger charge is 2.24. The predicted molar refractivity (Wildman–Crippen MR) is 118 cm³/mol. The topological polar surface area (TPSA) is 78.7 Å².